The number of fused-ring (bicyclic) bond motifs is 1. The van der Waals surface area contributed by atoms with Gasteiger partial charge < -0.3 is 5.32 Å². The Kier molecular flexibility index (Phi) is 2.43. The minimum atomic E-state index is 0.778. The highest BCUT2D eigenvalue weighted by Crippen LogP contribution is 2.38. The highest BCUT2D eigenvalue weighted by atomic mass is 14.9. The number of rotatable bonds is 2. The van der Waals surface area contributed by atoms with E-state index in [4.69, 9.17) is 0 Å². The second-order valence-corrected chi connectivity index (χ2v) is 4.15. The number of nitrogens with one attached hydrogen (secondary N) is 1. The van der Waals surface area contributed by atoms with Crippen LogP contribution in [0.1, 0.15) is 26.7 Å². The van der Waals surface area contributed by atoms with Gasteiger partial charge >= 0.3 is 0 Å². The molecule has 1 saturated heterocycles. The molecule has 3 atom stereocenters. The average molecular weight is 177 g/mol. The van der Waals surface area contributed by atoms with E-state index in [0.717, 1.165) is 17.8 Å². The van der Waals surface area contributed by atoms with Gasteiger partial charge in [-0.3, -0.25) is 0 Å². The summed E-state index contributed by atoms with van der Waals surface area (Å²) in [7, 11) is 0. The Balaban J connectivity index is 2.20. The fourth-order valence-electron chi connectivity index (χ4n) is 2.71. The molecule has 0 spiro atoms. The predicted molar refractivity (Wildman–Crippen MR) is 56.3 cm³/mol. The lowest BCUT2D eigenvalue weighted by Gasteiger charge is -2.26. The maximum Gasteiger partial charge on any atom is 0.0178 e. The van der Waals surface area contributed by atoms with Crippen LogP contribution in [0.5, 0.6) is 0 Å². The lowest BCUT2D eigenvalue weighted by Crippen LogP contribution is -2.20. The summed E-state index contributed by atoms with van der Waals surface area (Å²) >= 11 is 0. The van der Waals surface area contributed by atoms with Gasteiger partial charge in [0.05, 0.1) is 0 Å². The first-order valence-corrected chi connectivity index (χ1v) is 5.49. The molecule has 3 unspecified atom stereocenters. The molecule has 0 aromatic heterocycles. The summed E-state index contributed by atoms with van der Waals surface area (Å²) < 4.78 is 0. The monoisotopic (exact) mass is 177 g/mol. The van der Waals surface area contributed by atoms with Gasteiger partial charge in [-0.1, -0.05) is 32.4 Å². The smallest absolute Gasteiger partial charge is 0.0178 e. The van der Waals surface area contributed by atoms with E-state index in [2.05, 4.69) is 37.4 Å². The van der Waals surface area contributed by atoms with Crippen molar-refractivity contribution in [2.75, 3.05) is 6.54 Å². The average Bonchev–Trinajstić information content (AvgIpc) is 2.60. The molecule has 0 aromatic rings. The highest BCUT2D eigenvalue weighted by molar-refractivity contribution is 5.25. The zero-order valence-corrected chi connectivity index (χ0v) is 8.59. The van der Waals surface area contributed by atoms with Crippen molar-refractivity contribution < 1.29 is 0 Å². The standard InChI is InChI=1S/C12H19N/c1-3-9-6-5-7-11-12(9)10(4-2)8-13-11/h5-7,9-10,12-13H,3-4,8H2,1-2H3. The Morgan fingerprint density at radius 2 is 2.23 bits per heavy atom. The van der Waals surface area contributed by atoms with Crippen molar-refractivity contribution in [3.8, 4) is 0 Å². The molecule has 1 heterocycles. The minimum Gasteiger partial charge on any atom is -0.388 e. The molecule has 1 aliphatic heterocycles. The van der Waals surface area contributed by atoms with E-state index in [1.54, 1.807) is 0 Å². The van der Waals surface area contributed by atoms with E-state index in [-0.39, 0.29) is 0 Å². The summed E-state index contributed by atoms with van der Waals surface area (Å²) in [4.78, 5) is 0. The van der Waals surface area contributed by atoms with Gasteiger partial charge in [-0.15, -0.1) is 0 Å². The zero-order valence-electron chi connectivity index (χ0n) is 8.59. The maximum atomic E-state index is 3.53. The summed E-state index contributed by atoms with van der Waals surface area (Å²) in [6.45, 7) is 5.79. The van der Waals surface area contributed by atoms with Crippen molar-refractivity contribution in [3.63, 3.8) is 0 Å². The molecule has 0 bridgehead atoms. The fraction of sp³-hybridized carbons (Fsp3) is 0.667. The SMILES string of the molecule is CCC1C=CC=C2NCC(CC)C21. The maximum absolute atomic E-state index is 3.53. The molecule has 72 valence electrons. The molecule has 0 radical (unpaired) electrons. The minimum absolute atomic E-state index is 0.778. The van der Waals surface area contributed by atoms with E-state index in [1.165, 1.54) is 25.1 Å². The Hall–Kier alpha value is -0.720. The molecule has 1 nitrogen and oxygen atoms in total. The van der Waals surface area contributed by atoms with Crippen LogP contribution in [0.3, 0.4) is 0 Å². The molecule has 0 aromatic carbocycles. The van der Waals surface area contributed by atoms with Crippen LogP contribution >= 0.6 is 0 Å². The summed E-state index contributed by atoms with van der Waals surface area (Å²) in [6.07, 6.45) is 9.43. The van der Waals surface area contributed by atoms with Gasteiger partial charge in [-0.05, 0) is 24.3 Å². The number of hydrogen-bond donors (Lipinski definition) is 1. The zero-order chi connectivity index (χ0) is 9.26. The van der Waals surface area contributed by atoms with Crippen molar-refractivity contribution in [2.24, 2.45) is 17.8 Å². The molecule has 2 rings (SSSR count). The first kappa shape index (κ1) is 8.86. The Labute approximate surface area is 80.9 Å². The fourth-order valence-corrected chi connectivity index (χ4v) is 2.71. The van der Waals surface area contributed by atoms with E-state index in [0.29, 0.717) is 0 Å². The molecule has 1 heteroatoms. The molecule has 1 aliphatic carbocycles. The third-order valence-corrected chi connectivity index (χ3v) is 3.53. The van der Waals surface area contributed by atoms with E-state index in [1.807, 2.05) is 0 Å². The molecule has 2 aliphatic rings. The summed E-state index contributed by atoms with van der Waals surface area (Å²) in [5.74, 6) is 2.43. The third kappa shape index (κ3) is 1.41. The van der Waals surface area contributed by atoms with Crippen molar-refractivity contribution in [1.29, 1.82) is 0 Å². The summed E-state index contributed by atoms with van der Waals surface area (Å²) in [5, 5.41) is 3.53. The molecule has 13 heavy (non-hydrogen) atoms. The van der Waals surface area contributed by atoms with Crippen LogP contribution < -0.4 is 5.32 Å². The molecular weight excluding hydrogens is 158 g/mol. The van der Waals surface area contributed by atoms with Crippen molar-refractivity contribution in [2.45, 2.75) is 26.7 Å². The lowest BCUT2D eigenvalue weighted by atomic mass is 9.77. The highest BCUT2D eigenvalue weighted by Gasteiger charge is 2.35. The van der Waals surface area contributed by atoms with Gasteiger partial charge in [0.2, 0.25) is 0 Å². The van der Waals surface area contributed by atoms with Crippen molar-refractivity contribution >= 4 is 0 Å². The first-order chi connectivity index (χ1) is 6.36. The molecular formula is C12H19N. The van der Waals surface area contributed by atoms with E-state index in [9.17, 15) is 0 Å². The normalized spacial score (nSPS) is 36.8. The summed E-state index contributed by atoms with van der Waals surface area (Å²) in [6, 6.07) is 0. The predicted octanol–water partition coefficient (Wildman–Crippen LogP) is 2.71. The first-order valence-electron chi connectivity index (χ1n) is 5.49. The lowest BCUT2D eigenvalue weighted by molar-refractivity contribution is 0.335. The van der Waals surface area contributed by atoms with Crippen LogP contribution in [0.25, 0.3) is 0 Å². The van der Waals surface area contributed by atoms with Crippen LogP contribution in [0.15, 0.2) is 23.9 Å². The van der Waals surface area contributed by atoms with Crippen LogP contribution in [0, 0.1) is 17.8 Å². The quantitative estimate of drug-likeness (QED) is 0.684. The van der Waals surface area contributed by atoms with Crippen LogP contribution in [0.4, 0.5) is 0 Å². The van der Waals surface area contributed by atoms with E-state index < -0.39 is 0 Å². The van der Waals surface area contributed by atoms with Gasteiger partial charge in [0.1, 0.15) is 0 Å². The molecule has 0 saturated carbocycles. The molecule has 1 fully saturated rings. The van der Waals surface area contributed by atoms with Gasteiger partial charge in [-0.2, -0.15) is 0 Å². The Morgan fingerprint density at radius 1 is 1.38 bits per heavy atom. The largest absolute Gasteiger partial charge is 0.388 e. The van der Waals surface area contributed by atoms with Gasteiger partial charge in [0.15, 0.2) is 0 Å². The molecule has 0 amide bonds. The Bertz CT molecular complexity index is 240. The van der Waals surface area contributed by atoms with E-state index >= 15 is 0 Å². The van der Waals surface area contributed by atoms with Gasteiger partial charge in [0, 0.05) is 18.2 Å². The number of hydrogen-bond acceptors (Lipinski definition) is 1. The Morgan fingerprint density at radius 3 is 2.92 bits per heavy atom. The van der Waals surface area contributed by atoms with Crippen molar-refractivity contribution in [3.05, 3.63) is 23.9 Å². The molecule has 1 N–H and O–H groups in total. The number of allylic oxidation sites excluding steroid dienone is 4. The van der Waals surface area contributed by atoms with Crippen LogP contribution in [-0.2, 0) is 0 Å². The van der Waals surface area contributed by atoms with Gasteiger partial charge in [0.25, 0.3) is 0 Å². The topological polar surface area (TPSA) is 12.0 Å². The van der Waals surface area contributed by atoms with Crippen LogP contribution in [0.2, 0.25) is 0 Å². The second-order valence-electron chi connectivity index (χ2n) is 4.15. The third-order valence-electron chi connectivity index (χ3n) is 3.53. The second kappa shape index (κ2) is 3.57. The van der Waals surface area contributed by atoms with Crippen LogP contribution in [-0.4, -0.2) is 6.54 Å². The van der Waals surface area contributed by atoms with Crippen molar-refractivity contribution in [1.82, 2.24) is 5.32 Å². The van der Waals surface area contributed by atoms with Gasteiger partial charge in [-0.25, -0.2) is 0 Å². The summed E-state index contributed by atoms with van der Waals surface area (Å²) in [5.41, 5.74) is 1.49.